The van der Waals surface area contributed by atoms with Gasteiger partial charge in [0.15, 0.2) is 5.82 Å². The van der Waals surface area contributed by atoms with E-state index in [0.717, 1.165) is 55.5 Å². The van der Waals surface area contributed by atoms with Crippen molar-refractivity contribution in [3.63, 3.8) is 0 Å². The van der Waals surface area contributed by atoms with E-state index in [9.17, 15) is 13.2 Å². The zero-order chi connectivity index (χ0) is 20.4. The molecule has 0 radical (unpaired) electrons. The van der Waals surface area contributed by atoms with Gasteiger partial charge in [0, 0.05) is 51.5 Å². The Kier molecular flexibility index (Phi) is 5.27. The second kappa shape index (κ2) is 7.86. The van der Waals surface area contributed by atoms with Gasteiger partial charge in [0.25, 0.3) is 0 Å². The van der Waals surface area contributed by atoms with Gasteiger partial charge in [0.1, 0.15) is 11.6 Å². The molecule has 4 rings (SSSR count). The van der Waals surface area contributed by atoms with Crippen LogP contribution in [0, 0.1) is 0 Å². The van der Waals surface area contributed by atoms with Crippen molar-refractivity contribution in [3.8, 4) is 5.75 Å². The number of aryl methyl sites for hydroxylation is 1. The van der Waals surface area contributed by atoms with Crippen molar-refractivity contribution in [2.75, 3.05) is 31.1 Å². The van der Waals surface area contributed by atoms with E-state index in [2.05, 4.69) is 29.7 Å². The highest BCUT2D eigenvalue weighted by atomic mass is 19.4. The zero-order valence-electron chi connectivity index (χ0n) is 15.9. The van der Waals surface area contributed by atoms with Crippen molar-refractivity contribution >= 4 is 11.5 Å². The number of hydrogen-bond acceptors (Lipinski definition) is 6. The molecular formula is C19H21F3N6O. The van der Waals surface area contributed by atoms with E-state index >= 15 is 0 Å². The molecule has 3 aromatic rings. The maximum atomic E-state index is 12.3. The summed E-state index contributed by atoms with van der Waals surface area (Å²) < 4.78 is 42.7. The average Bonchev–Trinajstić information content (AvgIpc) is 3.12. The Morgan fingerprint density at radius 1 is 1.03 bits per heavy atom. The quantitative estimate of drug-likeness (QED) is 0.650. The molecular weight excluding hydrogens is 385 g/mol. The molecule has 7 nitrogen and oxygen atoms in total. The number of alkyl halides is 3. The maximum Gasteiger partial charge on any atom is 0.573 e. The minimum Gasteiger partial charge on any atom is -0.406 e. The Balaban J connectivity index is 1.37. The third-order valence-electron chi connectivity index (χ3n) is 4.93. The van der Waals surface area contributed by atoms with Crippen LogP contribution in [0.2, 0.25) is 0 Å². The van der Waals surface area contributed by atoms with E-state index in [1.54, 1.807) is 18.3 Å². The van der Waals surface area contributed by atoms with Gasteiger partial charge in [-0.25, -0.2) is 4.98 Å². The smallest absolute Gasteiger partial charge is 0.406 e. The van der Waals surface area contributed by atoms with Crippen LogP contribution in [0.5, 0.6) is 5.75 Å². The minimum absolute atomic E-state index is 0.204. The fraction of sp³-hybridized carbons (Fsp3) is 0.421. The highest BCUT2D eigenvalue weighted by Gasteiger charge is 2.31. The summed E-state index contributed by atoms with van der Waals surface area (Å²) in [6.45, 7) is 5.92. The average molecular weight is 406 g/mol. The number of hydrogen-bond donors (Lipinski definition) is 0. The van der Waals surface area contributed by atoms with Crippen LogP contribution in [0.1, 0.15) is 18.3 Å². The van der Waals surface area contributed by atoms with Crippen LogP contribution in [0.25, 0.3) is 5.65 Å². The molecule has 1 fully saturated rings. The van der Waals surface area contributed by atoms with Gasteiger partial charge in [-0.1, -0.05) is 19.1 Å². The molecule has 0 N–H and O–H groups in total. The van der Waals surface area contributed by atoms with Gasteiger partial charge in [-0.2, -0.15) is 0 Å². The first kappa shape index (κ1) is 19.4. The highest BCUT2D eigenvalue weighted by molar-refractivity contribution is 5.64. The van der Waals surface area contributed by atoms with Gasteiger partial charge in [-0.05, 0) is 17.7 Å². The predicted molar refractivity (Wildman–Crippen MR) is 101 cm³/mol. The number of fused-ring (bicyclic) bond motifs is 1. The van der Waals surface area contributed by atoms with Crippen LogP contribution in [0.15, 0.2) is 36.7 Å². The van der Waals surface area contributed by atoms with Gasteiger partial charge in [0.05, 0.1) is 0 Å². The van der Waals surface area contributed by atoms with Crippen molar-refractivity contribution in [1.82, 2.24) is 24.5 Å². The second-order valence-corrected chi connectivity index (χ2v) is 6.87. The van der Waals surface area contributed by atoms with E-state index < -0.39 is 6.36 Å². The number of piperazine rings is 1. The second-order valence-electron chi connectivity index (χ2n) is 6.87. The Labute approximate surface area is 165 Å². The van der Waals surface area contributed by atoms with E-state index in [-0.39, 0.29) is 5.75 Å². The lowest BCUT2D eigenvalue weighted by atomic mass is 10.2. The third-order valence-corrected chi connectivity index (χ3v) is 4.93. The summed E-state index contributed by atoms with van der Waals surface area (Å²) in [7, 11) is 0. The first-order chi connectivity index (χ1) is 13.9. The standard InChI is InChI=1S/C19H21F3N6O/c1-2-16-24-25-18-17(23-7-8-28(16)18)27-11-9-26(10-12-27)13-14-3-5-15(6-4-14)29-19(20,21)22/h3-8H,2,9-13H2,1H3. The van der Waals surface area contributed by atoms with E-state index in [1.807, 2.05) is 17.5 Å². The van der Waals surface area contributed by atoms with Crippen LogP contribution in [0.4, 0.5) is 19.0 Å². The Morgan fingerprint density at radius 2 is 1.76 bits per heavy atom. The van der Waals surface area contributed by atoms with Crippen LogP contribution >= 0.6 is 0 Å². The van der Waals surface area contributed by atoms with Crippen molar-refractivity contribution in [2.24, 2.45) is 0 Å². The molecule has 29 heavy (non-hydrogen) atoms. The molecule has 0 amide bonds. The van der Waals surface area contributed by atoms with Gasteiger partial charge >= 0.3 is 6.36 Å². The number of ether oxygens (including phenoxy) is 1. The molecule has 2 aromatic heterocycles. The molecule has 0 spiro atoms. The van der Waals surface area contributed by atoms with Crippen LogP contribution in [-0.4, -0.2) is 57.0 Å². The molecule has 1 aliphatic heterocycles. The van der Waals surface area contributed by atoms with Crippen molar-refractivity contribution in [2.45, 2.75) is 26.3 Å². The van der Waals surface area contributed by atoms with Gasteiger partial charge in [-0.3, -0.25) is 9.30 Å². The molecule has 10 heteroatoms. The lowest BCUT2D eigenvalue weighted by Gasteiger charge is -2.35. The fourth-order valence-corrected chi connectivity index (χ4v) is 3.50. The number of anilines is 1. The number of aromatic nitrogens is 4. The molecule has 1 aromatic carbocycles. The molecule has 1 aliphatic rings. The molecule has 3 heterocycles. The molecule has 154 valence electrons. The number of rotatable bonds is 5. The first-order valence-electron chi connectivity index (χ1n) is 9.43. The topological polar surface area (TPSA) is 58.8 Å². The summed E-state index contributed by atoms with van der Waals surface area (Å²) in [4.78, 5) is 8.96. The summed E-state index contributed by atoms with van der Waals surface area (Å²) in [6.07, 6.45) is -0.232. The largest absolute Gasteiger partial charge is 0.573 e. The number of benzene rings is 1. The predicted octanol–water partition coefficient (Wildman–Crippen LogP) is 2.91. The monoisotopic (exact) mass is 406 g/mol. The zero-order valence-corrected chi connectivity index (χ0v) is 15.9. The van der Waals surface area contributed by atoms with Crippen molar-refractivity contribution in [3.05, 3.63) is 48.0 Å². The third kappa shape index (κ3) is 4.42. The summed E-state index contributed by atoms with van der Waals surface area (Å²) in [5.74, 6) is 1.53. The van der Waals surface area contributed by atoms with Gasteiger partial charge < -0.3 is 9.64 Å². The van der Waals surface area contributed by atoms with Crippen molar-refractivity contribution in [1.29, 1.82) is 0 Å². The highest BCUT2D eigenvalue weighted by Crippen LogP contribution is 2.24. The molecule has 1 saturated heterocycles. The lowest BCUT2D eigenvalue weighted by molar-refractivity contribution is -0.274. The van der Waals surface area contributed by atoms with Crippen LogP contribution < -0.4 is 9.64 Å². The van der Waals surface area contributed by atoms with Gasteiger partial charge in [-0.15, -0.1) is 23.4 Å². The number of nitrogens with zero attached hydrogens (tertiary/aromatic N) is 6. The van der Waals surface area contributed by atoms with E-state index in [1.165, 1.54) is 12.1 Å². The fourth-order valence-electron chi connectivity index (χ4n) is 3.50. The molecule has 0 atom stereocenters. The first-order valence-corrected chi connectivity index (χ1v) is 9.43. The Morgan fingerprint density at radius 3 is 2.41 bits per heavy atom. The van der Waals surface area contributed by atoms with Crippen molar-refractivity contribution < 1.29 is 17.9 Å². The molecule has 0 bridgehead atoms. The SMILES string of the molecule is CCc1nnc2c(N3CCN(Cc4ccc(OC(F)(F)F)cc4)CC3)nccn12. The van der Waals surface area contributed by atoms with E-state index in [0.29, 0.717) is 6.54 Å². The molecule has 0 aliphatic carbocycles. The summed E-state index contributed by atoms with van der Waals surface area (Å²) in [6, 6.07) is 6.02. The van der Waals surface area contributed by atoms with Crippen LogP contribution in [0.3, 0.4) is 0 Å². The normalized spacial score (nSPS) is 15.8. The Hall–Kier alpha value is -2.88. The summed E-state index contributed by atoms with van der Waals surface area (Å²) in [5.41, 5.74) is 1.70. The van der Waals surface area contributed by atoms with E-state index in [4.69, 9.17) is 0 Å². The molecule has 0 saturated carbocycles. The maximum absolute atomic E-state index is 12.3. The van der Waals surface area contributed by atoms with Crippen LogP contribution in [-0.2, 0) is 13.0 Å². The minimum atomic E-state index is -4.67. The number of halogens is 3. The lowest BCUT2D eigenvalue weighted by Crippen LogP contribution is -2.46. The Bertz CT molecular complexity index is 964. The summed E-state index contributed by atoms with van der Waals surface area (Å²) in [5, 5.41) is 8.51. The summed E-state index contributed by atoms with van der Waals surface area (Å²) >= 11 is 0. The molecule has 0 unspecified atom stereocenters. The van der Waals surface area contributed by atoms with Gasteiger partial charge in [0.2, 0.25) is 5.65 Å².